The predicted octanol–water partition coefficient (Wildman–Crippen LogP) is 1.89. The average molecular weight is 424 g/mol. The molecule has 0 bridgehead atoms. The van der Waals surface area contributed by atoms with Gasteiger partial charge in [0.25, 0.3) is 0 Å². The van der Waals surface area contributed by atoms with Gasteiger partial charge in [-0.25, -0.2) is 8.42 Å². The zero-order valence-corrected chi connectivity index (χ0v) is 17.2. The number of nitrogens with two attached hydrogens (primary N) is 1. The van der Waals surface area contributed by atoms with Crippen molar-refractivity contribution in [3.8, 4) is 0 Å². The molecule has 0 amide bonds. The van der Waals surface area contributed by atoms with Gasteiger partial charge in [-0.15, -0.1) is 0 Å². The van der Waals surface area contributed by atoms with E-state index in [0.29, 0.717) is 0 Å². The van der Waals surface area contributed by atoms with Crippen LogP contribution in [0.3, 0.4) is 0 Å². The molecule has 2 aliphatic rings. The smallest absolute Gasteiger partial charge is 0.242 e. The van der Waals surface area contributed by atoms with Crippen molar-refractivity contribution in [3.63, 3.8) is 0 Å². The highest BCUT2D eigenvalue weighted by Crippen LogP contribution is 2.37. The van der Waals surface area contributed by atoms with Gasteiger partial charge in [-0.2, -0.15) is 4.72 Å². The number of hydrogen-bond acceptors (Lipinski definition) is 6. The van der Waals surface area contributed by atoms with Crippen molar-refractivity contribution in [2.75, 3.05) is 7.11 Å². The van der Waals surface area contributed by atoms with Crippen molar-refractivity contribution in [3.05, 3.63) is 88.5 Å². The Balaban J connectivity index is 1.86. The van der Waals surface area contributed by atoms with Crippen LogP contribution in [0.15, 0.2) is 76.7 Å². The number of aryl methyl sites for hydroxylation is 1. The zero-order chi connectivity index (χ0) is 21.7. The molecule has 154 valence electrons. The molecule has 0 spiro atoms. The van der Waals surface area contributed by atoms with Crippen LogP contribution in [0.5, 0.6) is 0 Å². The van der Waals surface area contributed by atoms with E-state index in [2.05, 4.69) is 4.72 Å². The van der Waals surface area contributed by atoms with Gasteiger partial charge in [0.15, 0.2) is 11.6 Å². The molecule has 0 aliphatic heterocycles. The number of fused-ring (bicyclic) bond motifs is 1. The molecule has 0 saturated heterocycles. The first-order chi connectivity index (χ1) is 14.2. The summed E-state index contributed by atoms with van der Waals surface area (Å²) in [6.45, 7) is 1.84. The van der Waals surface area contributed by atoms with Crippen molar-refractivity contribution < 1.29 is 22.7 Å². The van der Waals surface area contributed by atoms with Crippen molar-refractivity contribution in [2.24, 2.45) is 5.73 Å². The Morgan fingerprint density at radius 1 is 1.00 bits per heavy atom. The maximum atomic E-state index is 13.3. The van der Waals surface area contributed by atoms with E-state index in [0.717, 1.165) is 5.56 Å². The summed E-state index contributed by atoms with van der Waals surface area (Å²) in [6.07, 6.45) is 1.94. The highest BCUT2D eigenvalue weighted by molar-refractivity contribution is 7.89. The lowest BCUT2D eigenvalue weighted by atomic mass is 9.74. The Morgan fingerprint density at radius 2 is 1.60 bits per heavy atom. The molecule has 2 aliphatic carbocycles. The van der Waals surface area contributed by atoms with E-state index in [4.69, 9.17) is 10.5 Å². The molecule has 8 heteroatoms. The van der Waals surface area contributed by atoms with Gasteiger partial charge in [-0.3, -0.25) is 9.59 Å². The third-order valence-corrected chi connectivity index (χ3v) is 6.85. The lowest BCUT2D eigenvalue weighted by Crippen LogP contribution is -2.67. The molecule has 0 heterocycles. The number of sulfonamides is 1. The minimum Gasteiger partial charge on any atom is -0.374 e. The fourth-order valence-corrected chi connectivity index (χ4v) is 5.09. The Morgan fingerprint density at radius 3 is 2.20 bits per heavy atom. The molecular weight excluding hydrogens is 404 g/mol. The molecule has 7 nitrogen and oxygen atoms in total. The third-order valence-electron chi connectivity index (χ3n) is 5.35. The first-order valence-corrected chi connectivity index (χ1v) is 10.7. The van der Waals surface area contributed by atoms with Crippen LogP contribution in [-0.2, 0) is 14.8 Å². The number of nitrogens with one attached hydrogen (secondary N) is 1. The number of ketones is 2. The van der Waals surface area contributed by atoms with E-state index in [1.165, 1.54) is 37.5 Å². The second kappa shape index (κ2) is 7.10. The highest BCUT2D eigenvalue weighted by atomic mass is 32.2. The summed E-state index contributed by atoms with van der Waals surface area (Å²) in [6, 6.07) is 12.6. The van der Waals surface area contributed by atoms with Crippen LogP contribution in [0, 0.1) is 6.92 Å². The van der Waals surface area contributed by atoms with Crippen LogP contribution < -0.4 is 10.5 Å². The predicted molar refractivity (Wildman–Crippen MR) is 110 cm³/mol. The Hall–Kier alpha value is -2.91. The summed E-state index contributed by atoms with van der Waals surface area (Å²) in [5.41, 5.74) is 5.81. The number of benzene rings is 2. The third kappa shape index (κ3) is 3.05. The summed E-state index contributed by atoms with van der Waals surface area (Å²) >= 11 is 0. The number of Topliss-reactive ketones (excluding diaryl/α,β-unsaturated/α-hetero) is 2. The largest absolute Gasteiger partial charge is 0.374 e. The fraction of sp³-hybridized carbons (Fsp3) is 0.182. The van der Waals surface area contributed by atoms with E-state index in [9.17, 15) is 18.0 Å². The Labute approximate surface area is 174 Å². The topological polar surface area (TPSA) is 116 Å². The minimum absolute atomic E-state index is 0.0144. The van der Waals surface area contributed by atoms with Gasteiger partial charge in [0, 0.05) is 29.4 Å². The van der Waals surface area contributed by atoms with E-state index in [1.54, 1.807) is 30.3 Å². The van der Waals surface area contributed by atoms with Crippen molar-refractivity contribution >= 4 is 21.6 Å². The fourth-order valence-electron chi connectivity index (χ4n) is 3.81. The van der Waals surface area contributed by atoms with Gasteiger partial charge in [-0.1, -0.05) is 54.1 Å². The van der Waals surface area contributed by atoms with E-state index in [1.807, 2.05) is 6.92 Å². The molecule has 2 aromatic carbocycles. The first-order valence-electron chi connectivity index (χ1n) is 9.23. The van der Waals surface area contributed by atoms with Crippen LogP contribution in [0.2, 0.25) is 0 Å². The number of ether oxygens (including phenoxy) is 1. The number of methoxy groups -OCH3 is 1. The summed E-state index contributed by atoms with van der Waals surface area (Å²) in [5.74, 6) is -0.906. The SMILES string of the molecule is COC1C=CC2=C(C(=O)c3ccccc3C2=O)C1(N)NS(=O)(=O)c1ccc(C)cc1. The van der Waals surface area contributed by atoms with Gasteiger partial charge < -0.3 is 10.5 Å². The van der Waals surface area contributed by atoms with Crippen molar-refractivity contribution in [1.82, 2.24) is 4.72 Å². The van der Waals surface area contributed by atoms with Crippen LogP contribution in [-0.4, -0.2) is 38.9 Å². The number of hydrogen-bond donors (Lipinski definition) is 2. The lowest BCUT2D eigenvalue weighted by Gasteiger charge is -2.41. The molecular formula is C22H20N2O5S. The van der Waals surface area contributed by atoms with Crippen LogP contribution in [0.1, 0.15) is 26.3 Å². The maximum absolute atomic E-state index is 13.3. The van der Waals surface area contributed by atoms with Crippen molar-refractivity contribution in [2.45, 2.75) is 23.6 Å². The second-order valence-electron chi connectivity index (χ2n) is 7.30. The summed E-state index contributed by atoms with van der Waals surface area (Å²) in [5, 5.41) is 0. The van der Waals surface area contributed by atoms with E-state index in [-0.39, 0.29) is 27.2 Å². The van der Waals surface area contributed by atoms with Crippen LogP contribution in [0.25, 0.3) is 0 Å². The highest BCUT2D eigenvalue weighted by Gasteiger charge is 2.50. The molecule has 2 unspecified atom stereocenters. The molecule has 0 aromatic heterocycles. The summed E-state index contributed by atoms with van der Waals surface area (Å²) in [4.78, 5) is 26.3. The number of carbonyl (C=O) groups excluding carboxylic acids is 2. The van der Waals surface area contributed by atoms with E-state index < -0.39 is 33.4 Å². The zero-order valence-electron chi connectivity index (χ0n) is 16.4. The summed E-state index contributed by atoms with van der Waals surface area (Å²) in [7, 11) is -2.78. The molecule has 2 atom stereocenters. The molecule has 4 rings (SSSR count). The number of carbonyl (C=O) groups is 2. The monoisotopic (exact) mass is 424 g/mol. The maximum Gasteiger partial charge on any atom is 0.242 e. The molecule has 0 fully saturated rings. The van der Waals surface area contributed by atoms with Gasteiger partial charge in [-0.05, 0) is 19.1 Å². The van der Waals surface area contributed by atoms with Gasteiger partial charge in [0.2, 0.25) is 10.0 Å². The van der Waals surface area contributed by atoms with Crippen LogP contribution >= 0.6 is 0 Å². The Kier molecular flexibility index (Phi) is 4.82. The molecule has 0 saturated carbocycles. The quantitative estimate of drug-likeness (QED) is 0.724. The van der Waals surface area contributed by atoms with Crippen LogP contribution in [0.4, 0.5) is 0 Å². The first kappa shape index (κ1) is 20.4. The average Bonchev–Trinajstić information content (AvgIpc) is 2.71. The lowest BCUT2D eigenvalue weighted by molar-refractivity contribution is 0.0706. The van der Waals surface area contributed by atoms with E-state index >= 15 is 0 Å². The normalized spacial score (nSPS) is 23.4. The number of allylic oxidation sites excluding steroid dienone is 2. The molecule has 2 aromatic rings. The molecule has 3 N–H and O–H groups in total. The van der Waals surface area contributed by atoms with Gasteiger partial charge in [0.05, 0.1) is 4.90 Å². The standard InChI is InChI=1S/C22H20N2O5S/c1-13-7-9-14(10-8-13)30(27,28)24-22(23)18(29-2)12-11-17-19(22)21(26)16-6-4-3-5-15(16)20(17)25/h3-12,18,24H,23H2,1-2H3. The Bertz CT molecular complexity index is 1230. The van der Waals surface area contributed by atoms with Crippen molar-refractivity contribution in [1.29, 1.82) is 0 Å². The summed E-state index contributed by atoms with van der Waals surface area (Å²) < 4.78 is 34.0. The molecule has 0 radical (unpaired) electrons. The molecule has 30 heavy (non-hydrogen) atoms. The second-order valence-corrected chi connectivity index (χ2v) is 8.98. The minimum atomic E-state index is -4.13. The van der Waals surface area contributed by atoms with Gasteiger partial charge in [0.1, 0.15) is 11.8 Å². The van der Waals surface area contributed by atoms with Gasteiger partial charge >= 0.3 is 0 Å². The number of rotatable bonds is 4.